The molecule has 21 heavy (non-hydrogen) atoms. The highest BCUT2D eigenvalue weighted by Gasteiger charge is 2.34. The predicted octanol–water partition coefficient (Wildman–Crippen LogP) is 2.61. The minimum Gasteiger partial charge on any atom is -0.480 e. The Labute approximate surface area is 131 Å². The molecule has 8 heteroatoms. The quantitative estimate of drug-likeness (QED) is 0.837. The Hall–Kier alpha value is -1.22. The molecule has 0 saturated heterocycles. The van der Waals surface area contributed by atoms with Crippen molar-refractivity contribution in [3.63, 3.8) is 0 Å². The van der Waals surface area contributed by atoms with Crippen molar-refractivity contribution in [3.05, 3.63) is 44.8 Å². The fourth-order valence-electron chi connectivity index (χ4n) is 1.74. The van der Waals surface area contributed by atoms with Gasteiger partial charge in [-0.3, -0.25) is 4.79 Å². The van der Waals surface area contributed by atoms with Crippen LogP contribution in [0.2, 0.25) is 0 Å². The van der Waals surface area contributed by atoms with Crippen molar-refractivity contribution < 1.29 is 18.3 Å². The fourth-order valence-corrected chi connectivity index (χ4v) is 4.68. The van der Waals surface area contributed by atoms with E-state index in [1.807, 2.05) is 35.0 Å². The first-order valence-electron chi connectivity index (χ1n) is 6.18. The van der Waals surface area contributed by atoms with E-state index in [0.29, 0.717) is 0 Å². The van der Waals surface area contributed by atoms with E-state index in [0.717, 1.165) is 9.75 Å². The summed E-state index contributed by atoms with van der Waals surface area (Å²) < 4.78 is 26.2. The first kappa shape index (κ1) is 16.2. The van der Waals surface area contributed by atoms with Crippen LogP contribution in [-0.2, 0) is 27.9 Å². The molecule has 0 amide bonds. The molecule has 0 aliphatic heterocycles. The molecule has 2 aromatic heterocycles. The third-order valence-corrected chi connectivity index (χ3v) is 6.77. The van der Waals surface area contributed by atoms with Gasteiger partial charge in [-0.2, -0.15) is 4.31 Å². The second-order valence-corrected chi connectivity index (χ2v) is 8.77. The Bertz CT molecular complexity index is 641. The zero-order valence-corrected chi connectivity index (χ0v) is 13.7. The van der Waals surface area contributed by atoms with Gasteiger partial charge in [-0.25, -0.2) is 8.42 Å². The van der Waals surface area contributed by atoms with Crippen LogP contribution < -0.4 is 0 Å². The average molecular weight is 345 g/mol. The van der Waals surface area contributed by atoms with E-state index >= 15 is 0 Å². The number of hydrogen-bond donors (Lipinski definition) is 1. The van der Waals surface area contributed by atoms with Crippen molar-refractivity contribution in [2.24, 2.45) is 0 Å². The van der Waals surface area contributed by atoms with Crippen molar-refractivity contribution in [2.75, 3.05) is 0 Å². The number of carboxylic acids is 1. The zero-order valence-electron chi connectivity index (χ0n) is 11.3. The summed E-state index contributed by atoms with van der Waals surface area (Å²) in [4.78, 5) is 12.8. The molecule has 1 N–H and O–H groups in total. The lowest BCUT2D eigenvalue weighted by Gasteiger charge is -2.23. The first-order valence-corrected chi connectivity index (χ1v) is 9.44. The highest BCUT2D eigenvalue weighted by atomic mass is 32.2. The molecule has 0 aliphatic carbocycles. The second kappa shape index (κ2) is 6.69. The van der Waals surface area contributed by atoms with Gasteiger partial charge in [0.05, 0.1) is 0 Å². The van der Waals surface area contributed by atoms with E-state index in [1.165, 1.54) is 33.9 Å². The van der Waals surface area contributed by atoms with E-state index in [4.69, 9.17) is 5.11 Å². The van der Waals surface area contributed by atoms with Crippen LogP contribution in [0.1, 0.15) is 16.7 Å². The van der Waals surface area contributed by atoms with Gasteiger partial charge in [-0.15, -0.1) is 22.7 Å². The molecule has 0 spiro atoms. The molecule has 0 fully saturated rings. The van der Waals surface area contributed by atoms with Crippen molar-refractivity contribution in [1.82, 2.24) is 4.31 Å². The fraction of sp³-hybridized carbons (Fsp3) is 0.308. The van der Waals surface area contributed by atoms with Crippen LogP contribution >= 0.6 is 22.7 Å². The SMILES string of the molecule is CC(C(=O)O)S(=O)(=O)N(Cc1cccs1)Cc1cccs1. The molecule has 114 valence electrons. The number of carbonyl (C=O) groups is 1. The van der Waals surface area contributed by atoms with Gasteiger partial charge in [0.1, 0.15) is 0 Å². The van der Waals surface area contributed by atoms with Crippen LogP contribution in [0.25, 0.3) is 0 Å². The molecule has 0 radical (unpaired) electrons. The van der Waals surface area contributed by atoms with Gasteiger partial charge in [0.2, 0.25) is 10.0 Å². The summed E-state index contributed by atoms with van der Waals surface area (Å²) in [6.07, 6.45) is 0. The number of hydrogen-bond acceptors (Lipinski definition) is 5. The first-order chi connectivity index (χ1) is 9.91. The van der Waals surface area contributed by atoms with Gasteiger partial charge in [0.15, 0.2) is 5.25 Å². The van der Waals surface area contributed by atoms with Crippen LogP contribution in [-0.4, -0.2) is 29.0 Å². The summed E-state index contributed by atoms with van der Waals surface area (Å²) >= 11 is 2.90. The number of thiophene rings is 2. The Balaban J connectivity index is 2.28. The van der Waals surface area contributed by atoms with Crippen molar-refractivity contribution in [3.8, 4) is 0 Å². The zero-order chi connectivity index (χ0) is 15.5. The third kappa shape index (κ3) is 3.91. The lowest BCUT2D eigenvalue weighted by atomic mass is 10.4. The molecule has 0 aliphatic rings. The van der Waals surface area contributed by atoms with E-state index < -0.39 is 21.2 Å². The molecule has 2 rings (SSSR count). The van der Waals surface area contributed by atoms with E-state index in [2.05, 4.69) is 0 Å². The van der Waals surface area contributed by atoms with Crippen LogP contribution in [0.3, 0.4) is 0 Å². The molecule has 0 bridgehead atoms. The average Bonchev–Trinajstić information content (AvgIpc) is 3.10. The molecule has 1 unspecified atom stereocenters. The van der Waals surface area contributed by atoms with E-state index in [1.54, 1.807) is 0 Å². The molecule has 2 heterocycles. The maximum absolute atomic E-state index is 12.5. The van der Waals surface area contributed by atoms with Crippen LogP contribution in [0.15, 0.2) is 35.0 Å². The van der Waals surface area contributed by atoms with Gasteiger partial charge >= 0.3 is 5.97 Å². The highest BCUT2D eigenvalue weighted by molar-refractivity contribution is 7.90. The number of aliphatic carboxylic acids is 1. The highest BCUT2D eigenvalue weighted by Crippen LogP contribution is 2.22. The van der Waals surface area contributed by atoms with Crippen molar-refractivity contribution in [2.45, 2.75) is 25.3 Å². The van der Waals surface area contributed by atoms with Crippen LogP contribution in [0, 0.1) is 0 Å². The number of sulfonamides is 1. The summed E-state index contributed by atoms with van der Waals surface area (Å²) in [5.41, 5.74) is 0. The summed E-state index contributed by atoms with van der Waals surface area (Å²) in [6.45, 7) is 1.58. The molecular formula is C13H15NO4S3. The monoisotopic (exact) mass is 345 g/mol. The largest absolute Gasteiger partial charge is 0.480 e. The number of rotatable bonds is 7. The Morgan fingerprint density at radius 3 is 2.00 bits per heavy atom. The van der Waals surface area contributed by atoms with Gasteiger partial charge < -0.3 is 5.11 Å². The Morgan fingerprint density at radius 1 is 1.19 bits per heavy atom. The maximum Gasteiger partial charge on any atom is 0.323 e. The Kier molecular flexibility index (Phi) is 5.15. The third-order valence-electron chi connectivity index (χ3n) is 2.98. The standard InChI is InChI=1S/C13H15NO4S3/c1-10(13(15)16)21(17,18)14(8-11-4-2-6-19-11)9-12-5-3-7-20-12/h2-7,10H,8-9H2,1H3,(H,15,16). The molecule has 5 nitrogen and oxygen atoms in total. The van der Waals surface area contributed by atoms with Gasteiger partial charge in [-0.05, 0) is 29.8 Å². The van der Waals surface area contributed by atoms with Crippen molar-refractivity contribution in [1.29, 1.82) is 0 Å². The molecule has 0 aromatic carbocycles. The van der Waals surface area contributed by atoms with Crippen molar-refractivity contribution >= 4 is 38.7 Å². The van der Waals surface area contributed by atoms with Gasteiger partial charge in [0, 0.05) is 22.8 Å². The molecule has 2 aromatic rings. The van der Waals surface area contributed by atoms with Gasteiger partial charge in [0.25, 0.3) is 0 Å². The minimum absolute atomic E-state index is 0.190. The normalized spacial score (nSPS) is 13.4. The minimum atomic E-state index is -3.91. The summed E-state index contributed by atoms with van der Waals surface area (Å²) in [7, 11) is -3.91. The van der Waals surface area contributed by atoms with E-state index in [-0.39, 0.29) is 13.1 Å². The molecule has 1 atom stereocenters. The number of nitrogens with zero attached hydrogens (tertiary/aromatic N) is 1. The second-order valence-electron chi connectivity index (χ2n) is 4.45. The van der Waals surface area contributed by atoms with Crippen LogP contribution in [0.5, 0.6) is 0 Å². The summed E-state index contributed by atoms with van der Waals surface area (Å²) in [6, 6.07) is 7.37. The molecular weight excluding hydrogens is 330 g/mol. The predicted molar refractivity (Wildman–Crippen MR) is 83.9 cm³/mol. The topological polar surface area (TPSA) is 74.7 Å². The van der Waals surface area contributed by atoms with E-state index in [9.17, 15) is 13.2 Å². The lowest BCUT2D eigenvalue weighted by Crippen LogP contribution is -2.40. The summed E-state index contributed by atoms with van der Waals surface area (Å²) in [5.74, 6) is -1.34. The van der Waals surface area contributed by atoms with Crippen LogP contribution in [0.4, 0.5) is 0 Å². The number of carboxylic acid groups (broad SMARTS) is 1. The maximum atomic E-state index is 12.5. The smallest absolute Gasteiger partial charge is 0.323 e. The summed E-state index contributed by atoms with van der Waals surface area (Å²) in [5, 5.41) is 11.3. The lowest BCUT2D eigenvalue weighted by molar-refractivity contribution is -0.136. The molecule has 0 saturated carbocycles. The van der Waals surface area contributed by atoms with Gasteiger partial charge in [-0.1, -0.05) is 12.1 Å². The Morgan fingerprint density at radius 2 is 1.67 bits per heavy atom.